The van der Waals surface area contributed by atoms with Crippen LogP contribution in [-0.4, -0.2) is 91.6 Å². The Morgan fingerprint density at radius 1 is 0.569 bits per heavy atom. The Kier molecular flexibility index (Phi) is 19.5. The SMILES string of the molecule is CCOC(=O)C(Cc1ccc(OCCc2ccccc2OS(C)(=O)=O)cc1)OCC.CCOC(Cc1ccc(OCCc2ccccc2OS(C)(=O)=O)cc1)C(=O)O. The molecule has 0 radical (unpaired) electrons. The number of carboxylic acid groups (broad SMARTS) is 1. The van der Waals surface area contributed by atoms with E-state index in [1.165, 1.54) is 0 Å². The first-order chi connectivity index (χ1) is 27.6. The van der Waals surface area contributed by atoms with E-state index in [2.05, 4.69) is 0 Å². The van der Waals surface area contributed by atoms with E-state index < -0.39 is 38.4 Å². The van der Waals surface area contributed by atoms with Gasteiger partial charge in [-0.2, -0.15) is 16.8 Å². The van der Waals surface area contributed by atoms with Crippen LogP contribution in [0.5, 0.6) is 23.0 Å². The van der Waals surface area contributed by atoms with Crippen molar-refractivity contribution in [1.82, 2.24) is 0 Å². The van der Waals surface area contributed by atoms with Crippen molar-refractivity contribution >= 4 is 32.2 Å². The molecule has 16 heteroatoms. The molecule has 0 aliphatic carbocycles. The molecule has 2 atom stereocenters. The number of hydrogen-bond donors (Lipinski definition) is 1. The molecule has 0 bridgehead atoms. The molecule has 1 N–H and O–H groups in total. The van der Waals surface area contributed by atoms with E-state index in [1.807, 2.05) is 37.3 Å². The molecule has 0 heterocycles. The van der Waals surface area contributed by atoms with Crippen molar-refractivity contribution in [1.29, 1.82) is 0 Å². The van der Waals surface area contributed by atoms with Crippen molar-refractivity contribution in [2.75, 3.05) is 45.5 Å². The molecule has 58 heavy (non-hydrogen) atoms. The van der Waals surface area contributed by atoms with Crippen LogP contribution in [0, 0.1) is 0 Å². The van der Waals surface area contributed by atoms with Gasteiger partial charge in [-0.15, -0.1) is 0 Å². The van der Waals surface area contributed by atoms with Gasteiger partial charge >= 0.3 is 32.2 Å². The van der Waals surface area contributed by atoms with Crippen molar-refractivity contribution < 1.29 is 63.6 Å². The average molecular weight is 845 g/mol. The number of carbonyl (C=O) groups is 2. The minimum Gasteiger partial charge on any atom is -0.493 e. The molecule has 0 fully saturated rings. The van der Waals surface area contributed by atoms with Gasteiger partial charge < -0.3 is 37.2 Å². The molecule has 0 aliphatic rings. The monoisotopic (exact) mass is 844 g/mol. The minimum atomic E-state index is -3.59. The third-order valence-corrected chi connectivity index (χ3v) is 8.92. The zero-order valence-corrected chi connectivity index (χ0v) is 35.0. The fourth-order valence-corrected chi connectivity index (χ4v) is 6.38. The topological polar surface area (TPSA) is 187 Å². The Labute approximate surface area is 341 Å². The first-order valence-corrected chi connectivity index (χ1v) is 22.2. The number of benzene rings is 4. The Balaban J connectivity index is 0.000000311. The van der Waals surface area contributed by atoms with E-state index in [9.17, 15) is 26.4 Å². The Morgan fingerprint density at radius 2 is 0.966 bits per heavy atom. The van der Waals surface area contributed by atoms with Crippen molar-refractivity contribution in [2.45, 2.75) is 58.7 Å². The lowest BCUT2D eigenvalue weighted by Crippen LogP contribution is -2.28. The maximum Gasteiger partial charge on any atom is 0.335 e. The third-order valence-electron chi connectivity index (χ3n) is 7.96. The van der Waals surface area contributed by atoms with Crippen LogP contribution in [0.1, 0.15) is 43.0 Å². The fraction of sp³-hybridized carbons (Fsp3) is 0.381. The van der Waals surface area contributed by atoms with Gasteiger partial charge in [-0.3, -0.25) is 0 Å². The Bertz CT molecular complexity index is 2090. The summed E-state index contributed by atoms with van der Waals surface area (Å²) in [7, 11) is -7.18. The molecule has 14 nitrogen and oxygen atoms in total. The number of hydrogen-bond acceptors (Lipinski definition) is 13. The van der Waals surface area contributed by atoms with Crippen LogP contribution < -0.4 is 17.8 Å². The summed E-state index contributed by atoms with van der Waals surface area (Å²) in [5.74, 6) is 0.546. The molecule has 316 valence electrons. The van der Waals surface area contributed by atoms with Crippen molar-refractivity contribution in [3.05, 3.63) is 119 Å². The summed E-state index contributed by atoms with van der Waals surface area (Å²) in [6.07, 6.45) is 2.17. The fourth-order valence-electron chi connectivity index (χ4n) is 5.40. The first kappa shape index (κ1) is 47.2. The number of esters is 1. The van der Waals surface area contributed by atoms with E-state index in [1.54, 1.807) is 80.6 Å². The van der Waals surface area contributed by atoms with E-state index in [-0.39, 0.29) is 12.4 Å². The van der Waals surface area contributed by atoms with Crippen LogP contribution in [0.15, 0.2) is 97.1 Å². The van der Waals surface area contributed by atoms with Crippen molar-refractivity contribution in [3.8, 4) is 23.0 Å². The molecule has 0 saturated carbocycles. The second-order valence-electron chi connectivity index (χ2n) is 12.7. The van der Waals surface area contributed by atoms with Gasteiger partial charge in [0.2, 0.25) is 0 Å². The van der Waals surface area contributed by atoms with E-state index in [0.29, 0.717) is 75.3 Å². The van der Waals surface area contributed by atoms with Crippen LogP contribution in [0.3, 0.4) is 0 Å². The molecule has 2 unspecified atom stereocenters. The summed E-state index contributed by atoms with van der Waals surface area (Å²) in [5.41, 5.74) is 3.24. The van der Waals surface area contributed by atoms with Gasteiger partial charge in [0.1, 0.15) is 23.0 Å². The molecule has 4 rings (SSSR count). The van der Waals surface area contributed by atoms with Gasteiger partial charge in [0.15, 0.2) is 12.2 Å². The smallest absolute Gasteiger partial charge is 0.335 e. The van der Waals surface area contributed by atoms with Crippen LogP contribution >= 0.6 is 0 Å². The molecule has 0 amide bonds. The first-order valence-electron chi connectivity index (χ1n) is 18.6. The summed E-state index contributed by atoms with van der Waals surface area (Å²) in [6, 6.07) is 28.4. The molecule has 4 aromatic rings. The van der Waals surface area contributed by atoms with Gasteiger partial charge in [0, 0.05) is 38.9 Å². The highest BCUT2D eigenvalue weighted by molar-refractivity contribution is 7.86. The second-order valence-corrected chi connectivity index (χ2v) is 15.8. The van der Waals surface area contributed by atoms with Crippen molar-refractivity contribution in [3.63, 3.8) is 0 Å². The molecule has 0 aromatic heterocycles. The average Bonchev–Trinajstić information content (AvgIpc) is 3.16. The lowest BCUT2D eigenvalue weighted by Gasteiger charge is -2.16. The zero-order chi connectivity index (χ0) is 42.6. The predicted octanol–water partition coefficient (Wildman–Crippen LogP) is 5.84. The third kappa shape index (κ3) is 18.0. The normalized spacial score (nSPS) is 12.3. The maximum atomic E-state index is 12.0. The highest BCUT2D eigenvalue weighted by atomic mass is 32.2. The highest BCUT2D eigenvalue weighted by Gasteiger charge is 2.21. The summed E-state index contributed by atoms with van der Waals surface area (Å²) in [4.78, 5) is 23.1. The number of carboxylic acids is 1. The van der Waals surface area contributed by atoms with Gasteiger partial charge in [0.05, 0.1) is 32.3 Å². The van der Waals surface area contributed by atoms with Crippen LogP contribution in [0.4, 0.5) is 0 Å². The molecule has 4 aromatic carbocycles. The van der Waals surface area contributed by atoms with Gasteiger partial charge in [-0.1, -0.05) is 60.7 Å². The van der Waals surface area contributed by atoms with E-state index in [0.717, 1.165) is 34.8 Å². The number of rotatable bonds is 23. The van der Waals surface area contributed by atoms with Crippen LogP contribution in [-0.2, 0) is 69.7 Å². The van der Waals surface area contributed by atoms with E-state index in [4.69, 9.17) is 37.2 Å². The van der Waals surface area contributed by atoms with Crippen LogP contribution in [0.25, 0.3) is 0 Å². The lowest BCUT2D eigenvalue weighted by atomic mass is 10.1. The standard InChI is InChI=1S/C22H28O7S.C20H24O7S/c1-4-26-21(22(23)27-5-2)16-17-10-12-19(13-11-17)28-15-14-18-8-6-7-9-20(18)29-30(3,24)25;1-3-25-19(20(21)22)14-15-8-10-17(11-9-15)26-13-12-16-6-4-5-7-18(16)27-28(2,23)24/h6-13,21H,4-5,14-16H2,1-3H3;4-11,19H,3,12-14H2,1-2H3,(H,21,22). The summed E-state index contributed by atoms with van der Waals surface area (Å²) >= 11 is 0. The van der Waals surface area contributed by atoms with Gasteiger partial charge in [-0.05, 0) is 79.4 Å². The number of ether oxygens (including phenoxy) is 5. The Hall–Kier alpha value is -5.16. The summed E-state index contributed by atoms with van der Waals surface area (Å²) < 4.78 is 82.7. The minimum absolute atomic E-state index is 0.277. The Morgan fingerprint density at radius 3 is 1.34 bits per heavy atom. The van der Waals surface area contributed by atoms with Gasteiger partial charge in [0.25, 0.3) is 0 Å². The quantitative estimate of drug-likeness (QED) is 0.0694. The van der Waals surface area contributed by atoms with E-state index >= 15 is 0 Å². The van der Waals surface area contributed by atoms with Crippen molar-refractivity contribution in [2.24, 2.45) is 0 Å². The van der Waals surface area contributed by atoms with Gasteiger partial charge in [-0.25, -0.2) is 9.59 Å². The summed E-state index contributed by atoms with van der Waals surface area (Å²) in [5, 5.41) is 9.14. The highest BCUT2D eigenvalue weighted by Crippen LogP contribution is 2.23. The largest absolute Gasteiger partial charge is 0.493 e. The number of aliphatic carboxylic acids is 1. The lowest BCUT2D eigenvalue weighted by molar-refractivity contribution is -0.156. The number of carbonyl (C=O) groups excluding carboxylic acids is 1. The summed E-state index contributed by atoms with van der Waals surface area (Å²) in [6.45, 7) is 7.12. The maximum absolute atomic E-state index is 12.0. The number of para-hydroxylation sites is 2. The molecular weight excluding hydrogens is 793 g/mol. The van der Waals surface area contributed by atoms with Crippen LogP contribution in [0.2, 0.25) is 0 Å². The molecule has 0 spiro atoms. The zero-order valence-electron chi connectivity index (χ0n) is 33.3. The second kappa shape index (κ2) is 23.9. The molecular formula is C42H52O14S2. The predicted molar refractivity (Wildman–Crippen MR) is 218 cm³/mol. The molecule has 0 saturated heterocycles. The molecule has 0 aliphatic heterocycles.